The van der Waals surface area contributed by atoms with Gasteiger partial charge in [-0.1, -0.05) is 41.0 Å². The molecule has 0 saturated carbocycles. The molecule has 0 radical (unpaired) electrons. The van der Waals surface area contributed by atoms with Crippen LogP contribution in [0, 0.1) is 10.8 Å². The summed E-state index contributed by atoms with van der Waals surface area (Å²) < 4.78 is 0. The Morgan fingerprint density at radius 3 is 1.77 bits per heavy atom. The van der Waals surface area contributed by atoms with Crippen LogP contribution in [0.25, 0.3) is 0 Å². The highest BCUT2D eigenvalue weighted by Crippen LogP contribution is 2.38. The van der Waals surface area contributed by atoms with Crippen LogP contribution in [0.2, 0.25) is 0 Å². The molecule has 0 atom stereocenters. The molecule has 0 rings (SSSR count). The average Bonchev–Trinajstić information content (AvgIpc) is 1.82. The van der Waals surface area contributed by atoms with Gasteiger partial charge in [-0.3, -0.25) is 0 Å². The standard InChI is InChI=1S/C12H27N/c1-6-7-11(2,3)10-12(4,5)8-9-13/h6-10,13H2,1-5H3. The smallest absolute Gasteiger partial charge is 0.00722 e. The highest BCUT2D eigenvalue weighted by atomic mass is 14.5. The van der Waals surface area contributed by atoms with E-state index in [0.29, 0.717) is 10.8 Å². The van der Waals surface area contributed by atoms with Crippen LogP contribution in [0.4, 0.5) is 0 Å². The van der Waals surface area contributed by atoms with Gasteiger partial charge in [-0.25, -0.2) is 0 Å². The highest BCUT2D eigenvalue weighted by molar-refractivity contribution is 4.79. The van der Waals surface area contributed by atoms with Gasteiger partial charge in [0.2, 0.25) is 0 Å². The molecule has 0 unspecified atom stereocenters. The Bertz CT molecular complexity index is 120. The summed E-state index contributed by atoms with van der Waals surface area (Å²) in [5.41, 5.74) is 6.50. The first-order valence-corrected chi connectivity index (χ1v) is 5.53. The van der Waals surface area contributed by atoms with E-state index in [4.69, 9.17) is 5.73 Å². The summed E-state index contributed by atoms with van der Waals surface area (Å²) >= 11 is 0. The summed E-state index contributed by atoms with van der Waals surface area (Å²) in [6, 6.07) is 0. The zero-order valence-corrected chi connectivity index (χ0v) is 10.1. The summed E-state index contributed by atoms with van der Waals surface area (Å²) in [4.78, 5) is 0. The van der Waals surface area contributed by atoms with Crippen LogP contribution in [-0.4, -0.2) is 6.54 Å². The molecule has 13 heavy (non-hydrogen) atoms. The van der Waals surface area contributed by atoms with Gasteiger partial charge in [0.05, 0.1) is 0 Å². The first kappa shape index (κ1) is 13.0. The number of hydrogen-bond acceptors (Lipinski definition) is 1. The lowest BCUT2D eigenvalue weighted by Gasteiger charge is -2.34. The Labute approximate surface area is 84.1 Å². The van der Waals surface area contributed by atoms with Crippen molar-refractivity contribution in [2.45, 2.75) is 60.3 Å². The molecular formula is C12H27N. The fourth-order valence-electron chi connectivity index (χ4n) is 2.54. The molecule has 0 aliphatic rings. The quantitative estimate of drug-likeness (QED) is 0.672. The zero-order chi connectivity index (χ0) is 10.5. The highest BCUT2D eigenvalue weighted by Gasteiger charge is 2.27. The normalized spacial score (nSPS) is 13.4. The van der Waals surface area contributed by atoms with Crippen molar-refractivity contribution in [1.29, 1.82) is 0 Å². The van der Waals surface area contributed by atoms with Gasteiger partial charge >= 0.3 is 0 Å². The summed E-state index contributed by atoms with van der Waals surface area (Å²) in [5.74, 6) is 0. The minimum atomic E-state index is 0.410. The Kier molecular flexibility index (Phi) is 4.98. The van der Waals surface area contributed by atoms with Gasteiger partial charge in [-0.05, 0) is 36.6 Å². The molecule has 0 bridgehead atoms. The molecule has 0 heterocycles. The summed E-state index contributed by atoms with van der Waals surface area (Å²) in [6.45, 7) is 12.5. The van der Waals surface area contributed by atoms with Gasteiger partial charge in [0.25, 0.3) is 0 Å². The topological polar surface area (TPSA) is 26.0 Å². The molecule has 0 fully saturated rings. The molecular weight excluding hydrogens is 158 g/mol. The second kappa shape index (κ2) is 4.99. The van der Waals surface area contributed by atoms with Crippen molar-refractivity contribution in [3.05, 3.63) is 0 Å². The minimum absolute atomic E-state index is 0.410. The Morgan fingerprint density at radius 1 is 0.923 bits per heavy atom. The van der Waals surface area contributed by atoms with E-state index in [1.54, 1.807) is 0 Å². The van der Waals surface area contributed by atoms with Gasteiger partial charge in [-0.2, -0.15) is 0 Å². The molecule has 1 nitrogen and oxygen atoms in total. The Hall–Kier alpha value is -0.0400. The lowest BCUT2D eigenvalue weighted by Crippen LogP contribution is -2.25. The van der Waals surface area contributed by atoms with E-state index in [2.05, 4.69) is 34.6 Å². The van der Waals surface area contributed by atoms with E-state index in [1.807, 2.05) is 0 Å². The van der Waals surface area contributed by atoms with Crippen LogP contribution in [0.5, 0.6) is 0 Å². The van der Waals surface area contributed by atoms with Crippen LogP contribution in [0.1, 0.15) is 60.3 Å². The van der Waals surface area contributed by atoms with Gasteiger partial charge < -0.3 is 5.73 Å². The molecule has 0 aromatic carbocycles. The van der Waals surface area contributed by atoms with E-state index in [-0.39, 0.29) is 0 Å². The van der Waals surface area contributed by atoms with E-state index < -0.39 is 0 Å². The van der Waals surface area contributed by atoms with Gasteiger partial charge in [-0.15, -0.1) is 0 Å². The van der Waals surface area contributed by atoms with Gasteiger partial charge in [0.15, 0.2) is 0 Å². The fourth-order valence-corrected chi connectivity index (χ4v) is 2.54. The van der Waals surface area contributed by atoms with Gasteiger partial charge in [0.1, 0.15) is 0 Å². The lowest BCUT2D eigenvalue weighted by atomic mass is 9.71. The van der Waals surface area contributed by atoms with Crippen molar-refractivity contribution < 1.29 is 0 Å². The van der Waals surface area contributed by atoms with Crippen molar-refractivity contribution in [2.24, 2.45) is 16.6 Å². The van der Waals surface area contributed by atoms with Crippen LogP contribution >= 0.6 is 0 Å². The van der Waals surface area contributed by atoms with Gasteiger partial charge in [0, 0.05) is 0 Å². The third kappa shape index (κ3) is 6.09. The number of rotatable bonds is 6. The second-order valence-electron chi connectivity index (χ2n) is 5.79. The summed E-state index contributed by atoms with van der Waals surface area (Å²) in [5, 5.41) is 0. The average molecular weight is 185 g/mol. The molecule has 0 spiro atoms. The van der Waals surface area contributed by atoms with Crippen molar-refractivity contribution in [3.8, 4) is 0 Å². The van der Waals surface area contributed by atoms with Crippen molar-refractivity contribution >= 4 is 0 Å². The molecule has 0 aromatic rings. The van der Waals surface area contributed by atoms with E-state index >= 15 is 0 Å². The zero-order valence-electron chi connectivity index (χ0n) is 10.1. The van der Waals surface area contributed by atoms with E-state index in [9.17, 15) is 0 Å². The van der Waals surface area contributed by atoms with E-state index in [1.165, 1.54) is 19.3 Å². The number of hydrogen-bond donors (Lipinski definition) is 1. The third-order valence-corrected chi connectivity index (χ3v) is 2.70. The van der Waals surface area contributed by atoms with Crippen LogP contribution < -0.4 is 5.73 Å². The van der Waals surface area contributed by atoms with Crippen molar-refractivity contribution in [2.75, 3.05) is 6.54 Å². The molecule has 0 amide bonds. The molecule has 1 heteroatoms. The third-order valence-electron chi connectivity index (χ3n) is 2.70. The maximum Gasteiger partial charge on any atom is -0.00722 e. The van der Waals surface area contributed by atoms with Crippen LogP contribution in [-0.2, 0) is 0 Å². The lowest BCUT2D eigenvalue weighted by molar-refractivity contribution is 0.173. The van der Waals surface area contributed by atoms with Crippen LogP contribution in [0.15, 0.2) is 0 Å². The number of nitrogens with two attached hydrogens (primary N) is 1. The molecule has 0 aliphatic heterocycles. The first-order chi connectivity index (χ1) is 5.83. The summed E-state index contributed by atoms with van der Waals surface area (Å²) in [6.07, 6.45) is 5.03. The molecule has 0 aromatic heterocycles. The SMILES string of the molecule is CCCC(C)(C)CC(C)(C)CCN. The Balaban J connectivity index is 4.07. The largest absolute Gasteiger partial charge is 0.330 e. The maximum absolute atomic E-state index is 5.61. The maximum atomic E-state index is 5.61. The minimum Gasteiger partial charge on any atom is -0.330 e. The van der Waals surface area contributed by atoms with Crippen molar-refractivity contribution in [1.82, 2.24) is 0 Å². The predicted molar refractivity (Wildman–Crippen MR) is 60.8 cm³/mol. The predicted octanol–water partition coefficient (Wildman–Crippen LogP) is 3.58. The second-order valence-corrected chi connectivity index (χ2v) is 5.79. The van der Waals surface area contributed by atoms with Crippen LogP contribution in [0.3, 0.4) is 0 Å². The summed E-state index contributed by atoms with van der Waals surface area (Å²) in [7, 11) is 0. The molecule has 0 saturated heterocycles. The fraction of sp³-hybridized carbons (Fsp3) is 1.00. The van der Waals surface area contributed by atoms with Crippen molar-refractivity contribution in [3.63, 3.8) is 0 Å². The molecule has 80 valence electrons. The first-order valence-electron chi connectivity index (χ1n) is 5.53. The van der Waals surface area contributed by atoms with E-state index in [0.717, 1.165) is 13.0 Å². The molecule has 0 aliphatic carbocycles. The Morgan fingerprint density at radius 2 is 1.38 bits per heavy atom. The molecule has 2 N–H and O–H groups in total. The monoisotopic (exact) mass is 185 g/mol.